The van der Waals surface area contributed by atoms with Gasteiger partial charge in [-0.3, -0.25) is 0 Å². The average Bonchev–Trinajstić information content (AvgIpc) is 3.35. The Bertz CT molecular complexity index is 2060. The zero-order valence-electron chi connectivity index (χ0n) is 26.3. The molecule has 0 N–H and O–H groups in total. The highest BCUT2D eigenvalue weighted by atomic mass is 15.2. The van der Waals surface area contributed by atoms with Crippen LogP contribution < -0.4 is 9.80 Å². The van der Waals surface area contributed by atoms with Gasteiger partial charge >= 0.3 is 0 Å². The average molecular weight is 573 g/mol. The van der Waals surface area contributed by atoms with Crippen LogP contribution in [-0.2, 0) is 17.4 Å². The summed E-state index contributed by atoms with van der Waals surface area (Å²) in [6.45, 7) is 20.4. The second-order valence-electron chi connectivity index (χ2n) is 14.0. The molecule has 0 amide bonds. The number of benzene rings is 5. The Kier molecular flexibility index (Phi) is 5.81. The lowest BCUT2D eigenvalue weighted by Crippen LogP contribution is -2.30. The highest BCUT2D eigenvalue weighted by Crippen LogP contribution is 2.52. The van der Waals surface area contributed by atoms with Gasteiger partial charge in [0.2, 0.25) is 0 Å². The van der Waals surface area contributed by atoms with Crippen LogP contribution >= 0.6 is 0 Å². The smallest absolute Gasteiger partial charge is 0.0484 e. The highest BCUT2D eigenvalue weighted by molar-refractivity contribution is 5.96. The molecule has 5 aromatic rings. The third-order valence-corrected chi connectivity index (χ3v) is 10.8. The fourth-order valence-electron chi connectivity index (χ4n) is 8.30. The van der Waals surface area contributed by atoms with Crippen LogP contribution in [0.1, 0.15) is 67.9 Å². The van der Waals surface area contributed by atoms with Crippen molar-refractivity contribution in [2.75, 3.05) is 16.3 Å². The number of hydrogen-bond acceptors (Lipinski definition) is 2. The van der Waals surface area contributed by atoms with Gasteiger partial charge in [-0.15, -0.1) is 0 Å². The summed E-state index contributed by atoms with van der Waals surface area (Å²) < 4.78 is 0. The fourth-order valence-corrected chi connectivity index (χ4v) is 8.30. The molecular formula is C42H40N2. The van der Waals surface area contributed by atoms with Crippen molar-refractivity contribution in [3.8, 4) is 0 Å². The molecule has 218 valence electrons. The van der Waals surface area contributed by atoms with Gasteiger partial charge in [0.15, 0.2) is 0 Å². The van der Waals surface area contributed by atoms with Crippen LogP contribution in [0.15, 0.2) is 122 Å². The molecular weight excluding hydrogens is 532 g/mol. The summed E-state index contributed by atoms with van der Waals surface area (Å²) in [4.78, 5) is 4.97. The first-order valence-corrected chi connectivity index (χ1v) is 15.9. The number of anilines is 2. The first-order valence-electron chi connectivity index (χ1n) is 15.9. The molecule has 0 saturated carbocycles. The van der Waals surface area contributed by atoms with E-state index in [0.717, 1.165) is 25.2 Å². The quantitative estimate of drug-likeness (QED) is 0.211. The van der Waals surface area contributed by atoms with E-state index < -0.39 is 0 Å². The molecule has 8 rings (SSSR count). The monoisotopic (exact) mass is 572 g/mol. The Morgan fingerprint density at radius 3 is 1.86 bits per heavy atom. The van der Waals surface area contributed by atoms with E-state index in [4.69, 9.17) is 0 Å². The second kappa shape index (κ2) is 9.47. The van der Waals surface area contributed by atoms with Crippen LogP contribution in [-0.4, -0.2) is 6.54 Å². The molecule has 3 aliphatic rings. The van der Waals surface area contributed by atoms with Crippen LogP contribution in [0.3, 0.4) is 0 Å². The van der Waals surface area contributed by atoms with Crippen molar-refractivity contribution in [2.45, 2.75) is 57.4 Å². The van der Waals surface area contributed by atoms with Crippen molar-refractivity contribution >= 4 is 39.0 Å². The van der Waals surface area contributed by atoms with Gasteiger partial charge in [-0.1, -0.05) is 132 Å². The number of fused-ring (bicyclic) bond motifs is 7. The van der Waals surface area contributed by atoms with Gasteiger partial charge in [0.25, 0.3) is 0 Å². The van der Waals surface area contributed by atoms with Crippen molar-refractivity contribution in [3.05, 3.63) is 149 Å². The van der Waals surface area contributed by atoms with E-state index in [1.165, 1.54) is 66.4 Å². The Labute approximate surface area is 261 Å². The van der Waals surface area contributed by atoms with Crippen LogP contribution in [0, 0.1) is 0 Å². The molecule has 2 aliphatic heterocycles. The van der Waals surface area contributed by atoms with Crippen LogP contribution in [0.25, 0.3) is 27.6 Å². The Morgan fingerprint density at radius 2 is 1.23 bits per heavy atom. The van der Waals surface area contributed by atoms with Crippen molar-refractivity contribution in [1.29, 1.82) is 0 Å². The van der Waals surface area contributed by atoms with Crippen LogP contribution in [0.2, 0.25) is 0 Å². The van der Waals surface area contributed by atoms with Gasteiger partial charge in [0, 0.05) is 52.6 Å². The van der Waals surface area contributed by atoms with Crippen molar-refractivity contribution < 1.29 is 0 Å². The predicted molar refractivity (Wildman–Crippen MR) is 189 cm³/mol. The topological polar surface area (TPSA) is 6.48 Å². The van der Waals surface area contributed by atoms with E-state index in [1.807, 2.05) is 0 Å². The molecule has 2 heteroatoms. The summed E-state index contributed by atoms with van der Waals surface area (Å²) in [5.74, 6) is 0.384. The molecule has 5 aromatic carbocycles. The van der Waals surface area contributed by atoms with Gasteiger partial charge in [0.05, 0.1) is 0 Å². The Hall–Kier alpha value is -4.56. The van der Waals surface area contributed by atoms with E-state index in [1.54, 1.807) is 0 Å². The second-order valence-corrected chi connectivity index (χ2v) is 14.0. The minimum Gasteiger partial charge on any atom is -0.344 e. The number of nitrogens with zero attached hydrogens (tertiary/aromatic N) is 2. The van der Waals surface area contributed by atoms with Crippen molar-refractivity contribution in [1.82, 2.24) is 0 Å². The molecule has 1 atom stereocenters. The summed E-state index contributed by atoms with van der Waals surface area (Å²) in [5.41, 5.74) is 11.6. The van der Waals surface area contributed by atoms with Crippen LogP contribution in [0.5, 0.6) is 0 Å². The van der Waals surface area contributed by atoms with Crippen molar-refractivity contribution in [2.24, 2.45) is 0 Å². The molecule has 0 fully saturated rings. The van der Waals surface area contributed by atoms with Gasteiger partial charge in [-0.2, -0.15) is 0 Å². The zero-order chi connectivity index (χ0) is 30.4. The summed E-state index contributed by atoms with van der Waals surface area (Å²) >= 11 is 0. The van der Waals surface area contributed by atoms with E-state index in [0.29, 0.717) is 5.92 Å². The largest absolute Gasteiger partial charge is 0.344 e. The third kappa shape index (κ3) is 3.73. The summed E-state index contributed by atoms with van der Waals surface area (Å²) in [5, 5.41) is 5.26. The van der Waals surface area contributed by atoms with E-state index in [-0.39, 0.29) is 10.8 Å². The third-order valence-electron chi connectivity index (χ3n) is 10.8. The lowest BCUT2D eigenvalue weighted by atomic mass is 9.81. The Balaban J connectivity index is 1.15. The molecule has 0 spiro atoms. The lowest BCUT2D eigenvalue weighted by Gasteiger charge is -2.32. The molecule has 2 heterocycles. The maximum absolute atomic E-state index is 4.67. The molecule has 1 unspecified atom stereocenters. The zero-order valence-corrected chi connectivity index (χ0v) is 26.3. The maximum atomic E-state index is 4.67. The molecule has 44 heavy (non-hydrogen) atoms. The number of rotatable bonds is 4. The van der Waals surface area contributed by atoms with Crippen LogP contribution in [0.4, 0.5) is 11.4 Å². The first kappa shape index (κ1) is 27.0. The first-order chi connectivity index (χ1) is 21.2. The molecule has 0 aromatic heterocycles. The Morgan fingerprint density at radius 1 is 0.659 bits per heavy atom. The minimum absolute atomic E-state index is 0.119. The molecule has 0 bridgehead atoms. The lowest BCUT2D eigenvalue weighted by molar-refractivity contribution is 0.612. The minimum atomic E-state index is -0.135. The highest BCUT2D eigenvalue weighted by Gasteiger charge is 2.42. The fraction of sp³-hybridized carbons (Fsp3) is 0.238. The van der Waals surface area contributed by atoms with Gasteiger partial charge in [-0.25, -0.2) is 0 Å². The van der Waals surface area contributed by atoms with Gasteiger partial charge in [-0.05, 0) is 67.9 Å². The van der Waals surface area contributed by atoms with Crippen molar-refractivity contribution in [3.63, 3.8) is 0 Å². The summed E-state index contributed by atoms with van der Waals surface area (Å²) in [7, 11) is 0. The standard InChI is InChI=1S/C42H40N2/c1-27-41(3,4)39-35-17-9-7-13-29(35)21-23-37(39)43(27)25-31-15-11-20-34-32(16-12-19-33(31)34)26-44-28(2)42(5,6)40-36-18-10-8-14-30(36)22-24-38(40)44/h7-15,17-24,32H,1-2,16,25-26H2,3-6H3. The summed E-state index contributed by atoms with van der Waals surface area (Å²) in [6, 6.07) is 33.6. The number of hydrogen-bond donors (Lipinski definition) is 0. The molecule has 1 aliphatic carbocycles. The van der Waals surface area contributed by atoms with E-state index in [2.05, 4.69) is 154 Å². The molecule has 0 radical (unpaired) electrons. The van der Waals surface area contributed by atoms with Gasteiger partial charge in [0.1, 0.15) is 0 Å². The maximum Gasteiger partial charge on any atom is 0.0484 e. The number of allylic oxidation sites excluding steroid dienone is 3. The molecule has 0 saturated heterocycles. The SMILES string of the molecule is C=C1N(Cc2cccc3c2C=CCC3CN2C(=C)C(C)(C)c3c2ccc2ccccc32)c2ccc3ccccc3c2C1(C)C. The normalized spacial score (nSPS) is 19.5. The molecule has 2 nitrogen and oxygen atoms in total. The predicted octanol–water partition coefficient (Wildman–Crippen LogP) is 10.6. The summed E-state index contributed by atoms with van der Waals surface area (Å²) in [6.07, 6.45) is 5.77. The van der Waals surface area contributed by atoms with Gasteiger partial charge < -0.3 is 9.80 Å². The van der Waals surface area contributed by atoms with E-state index >= 15 is 0 Å². The van der Waals surface area contributed by atoms with E-state index in [9.17, 15) is 0 Å².